The minimum absolute atomic E-state index is 0.0639. The van der Waals surface area contributed by atoms with Gasteiger partial charge in [0.25, 0.3) is 0 Å². The maximum absolute atomic E-state index is 11.7. The number of nitrogens with one attached hydrogen (secondary N) is 1. The summed E-state index contributed by atoms with van der Waals surface area (Å²) < 4.78 is 39.8. The molecule has 0 bridgehead atoms. The first-order chi connectivity index (χ1) is 7.73. The van der Waals surface area contributed by atoms with Crippen LogP contribution in [0.2, 0.25) is 0 Å². The molecule has 102 valence electrons. The van der Waals surface area contributed by atoms with Gasteiger partial charge in [-0.1, -0.05) is 13.8 Å². The van der Waals surface area contributed by atoms with Crippen molar-refractivity contribution in [1.29, 1.82) is 0 Å². The molecule has 0 aromatic heterocycles. The highest BCUT2D eigenvalue weighted by molar-refractivity contribution is 6.21. The zero-order valence-electron chi connectivity index (χ0n) is 10.1. The summed E-state index contributed by atoms with van der Waals surface area (Å²) in [6, 6.07) is 0.354. The Kier molecular flexibility index (Phi) is 5.10. The molecule has 17 heavy (non-hydrogen) atoms. The Morgan fingerprint density at radius 2 is 2.06 bits per heavy atom. The lowest BCUT2D eigenvalue weighted by atomic mass is 9.67. The molecule has 0 radical (unpaired) electrons. The summed E-state index contributed by atoms with van der Waals surface area (Å²) in [5, 5.41) is 3.47. The number of alkyl halides is 4. The third-order valence-corrected chi connectivity index (χ3v) is 4.01. The fourth-order valence-electron chi connectivity index (χ4n) is 1.86. The average Bonchev–Trinajstić information content (AvgIpc) is 2.19. The first-order valence-electron chi connectivity index (χ1n) is 5.75. The van der Waals surface area contributed by atoms with E-state index in [1.54, 1.807) is 0 Å². The monoisotopic (exact) mass is 273 g/mol. The number of rotatable bonds is 6. The minimum atomic E-state index is -4.23. The van der Waals surface area contributed by atoms with Gasteiger partial charge in [-0.2, -0.15) is 13.2 Å². The second-order valence-electron chi connectivity index (χ2n) is 5.05. The molecule has 0 spiro atoms. The summed E-state index contributed by atoms with van der Waals surface area (Å²) in [5.74, 6) is 0. The van der Waals surface area contributed by atoms with Crippen LogP contribution in [0.4, 0.5) is 13.2 Å². The summed E-state index contributed by atoms with van der Waals surface area (Å²) in [6.45, 7) is 3.81. The lowest BCUT2D eigenvalue weighted by Gasteiger charge is -2.49. The highest BCUT2D eigenvalue weighted by Crippen LogP contribution is 2.44. The van der Waals surface area contributed by atoms with E-state index in [-0.39, 0.29) is 17.4 Å². The van der Waals surface area contributed by atoms with Gasteiger partial charge in [0.1, 0.15) is 6.61 Å². The van der Waals surface area contributed by atoms with Gasteiger partial charge in [0.15, 0.2) is 0 Å². The molecule has 0 saturated heterocycles. The second kappa shape index (κ2) is 5.76. The third-order valence-electron chi connectivity index (χ3n) is 3.27. The van der Waals surface area contributed by atoms with Gasteiger partial charge < -0.3 is 10.1 Å². The predicted molar refractivity (Wildman–Crippen MR) is 61.3 cm³/mol. The van der Waals surface area contributed by atoms with Crippen molar-refractivity contribution in [2.75, 3.05) is 19.8 Å². The van der Waals surface area contributed by atoms with E-state index in [0.717, 1.165) is 6.42 Å². The molecular weight excluding hydrogens is 255 g/mol. The largest absolute Gasteiger partial charge is 0.411 e. The lowest BCUT2D eigenvalue weighted by molar-refractivity contribution is -0.174. The molecule has 6 heteroatoms. The van der Waals surface area contributed by atoms with Crippen molar-refractivity contribution in [3.8, 4) is 0 Å². The molecule has 0 amide bonds. The van der Waals surface area contributed by atoms with Gasteiger partial charge in [0.05, 0.1) is 0 Å². The van der Waals surface area contributed by atoms with Crippen molar-refractivity contribution in [2.45, 2.75) is 44.3 Å². The first kappa shape index (κ1) is 15.1. The zero-order chi connectivity index (χ0) is 13.1. The molecule has 0 heterocycles. The van der Waals surface area contributed by atoms with Gasteiger partial charge in [-0.15, -0.1) is 11.6 Å². The van der Waals surface area contributed by atoms with E-state index >= 15 is 0 Å². The molecule has 0 aliphatic heterocycles. The molecule has 1 saturated carbocycles. The third kappa shape index (κ3) is 4.64. The van der Waals surface area contributed by atoms with Crippen molar-refractivity contribution < 1.29 is 17.9 Å². The molecule has 2 nitrogen and oxygen atoms in total. The molecule has 1 N–H and O–H groups in total. The zero-order valence-corrected chi connectivity index (χ0v) is 10.9. The van der Waals surface area contributed by atoms with Crippen LogP contribution in [0.5, 0.6) is 0 Å². The molecule has 0 aromatic carbocycles. The fraction of sp³-hybridized carbons (Fsp3) is 1.00. The van der Waals surface area contributed by atoms with E-state index in [9.17, 15) is 13.2 Å². The average molecular weight is 274 g/mol. The van der Waals surface area contributed by atoms with Crippen LogP contribution in [0.25, 0.3) is 0 Å². The SMILES string of the molecule is CC1(C)C(Cl)CC1NCCCOCC(F)(F)F. The fourth-order valence-corrected chi connectivity index (χ4v) is 2.19. The van der Waals surface area contributed by atoms with Crippen LogP contribution < -0.4 is 5.32 Å². The molecule has 1 rings (SSSR count). The van der Waals surface area contributed by atoms with Gasteiger partial charge in [0.2, 0.25) is 0 Å². The van der Waals surface area contributed by atoms with E-state index in [1.165, 1.54) is 0 Å². The van der Waals surface area contributed by atoms with Gasteiger partial charge in [-0.05, 0) is 24.8 Å². The Morgan fingerprint density at radius 1 is 1.41 bits per heavy atom. The number of hydrogen-bond acceptors (Lipinski definition) is 2. The van der Waals surface area contributed by atoms with E-state index in [2.05, 4.69) is 23.9 Å². The molecule has 1 aliphatic rings. The van der Waals surface area contributed by atoms with Gasteiger partial charge in [-0.25, -0.2) is 0 Å². The highest BCUT2D eigenvalue weighted by atomic mass is 35.5. The van der Waals surface area contributed by atoms with Crippen LogP contribution in [0.1, 0.15) is 26.7 Å². The Hall–Kier alpha value is -0.0000000000000000555. The standard InChI is InChI=1S/C11H19ClF3NO/c1-10(2)8(12)6-9(10)16-4-3-5-17-7-11(13,14)15/h8-9,16H,3-7H2,1-2H3. The summed E-state index contributed by atoms with van der Waals surface area (Å²) in [4.78, 5) is 0. The van der Waals surface area contributed by atoms with Gasteiger partial charge in [-0.3, -0.25) is 0 Å². The predicted octanol–water partition coefficient (Wildman–Crippen LogP) is 2.95. The maximum Gasteiger partial charge on any atom is 0.411 e. The lowest BCUT2D eigenvalue weighted by Crippen LogP contribution is -2.58. The second-order valence-corrected chi connectivity index (χ2v) is 5.58. The number of halogens is 4. The Labute approximate surface area is 105 Å². The van der Waals surface area contributed by atoms with Crippen LogP contribution in [-0.2, 0) is 4.74 Å². The molecule has 2 atom stereocenters. The van der Waals surface area contributed by atoms with Gasteiger partial charge in [0, 0.05) is 18.0 Å². The molecule has 0 aromatic rings. The van der Waals surface area contributed by atoms with Crippen LogP contribution in [0.15, 0.2) is 0 Å². The van der Waals surface area contributed by atoms with Gasteiger partial charge >= 0.3 is 6.18 Å². The normalized spacial score (nSPS) is 27.9. The first-order valence-corrected chi connectivity index (χ1v) is 6.19. The van der Waals surface area contributed by atoms with E-state index in [1.807, 2.05) is 0 Å². The van der Waals surface area contributed by atoms with Crippen molar-refractivity contribution in [3.05, 3.63) is 0 Å². The van der Waals surface area contributed by atoms with E-state index < -0.39 is 12.8 Å². The van der Waals surface area contributed by atoms with Crippen molar-refractivity contribution in [1.82, 2.24) is 5.32 Å². The molecular formula is C11H19ClF3NO. The summed E-state index contributed by atoms with van der Waals surface area (Å²) in [6.07, 6.45) is -2.73. The van der Waals surface area contributed by atoms with Crippen molar-refractivity contribution in [2.24, 2.45) is 5.41 Å². The van der Waals surface area contributed by atoms with Crippen LogP contribution >= 0.6 is 11.6 Å². The topological polar surface area (TPSA) is 21.3 Å². The Balaban J connectivity index is 1.99. The quantitative estimate of drug-likeness (QED) is 0.593. The summed E-state index contributed by atoms with van der Waals surface area (Å²) >= 11 is 6.06. The number of ether oxygens (including phenoxy) is 1. The summed E-state index contributed by atoms with van der Waals surface area (Å²) in [5.41, 5.74) is 0.0639. The van der Waals surface area contributed by atoms with Crippen LogP contribution in [0.3, 0.4) is 0 Å². The van der Waals surface area contributed by atoms with Crippen LogP contribution in [0, 0.1) is 5.41 Å². The molecule has 1 aliphatic carbocycles. The minimum Gasteiger partial charge on any atom is -0.372 e. The van der Waals surface area contributed by atoms with Crippen LogP contribution in [-0.4, -0.2) is 37.4 Å². The van der Waals surface area contributed by atoms with Crippen molar-refractivity contribution >= 4 is 11.6 Å². The smallest absolute Gasteiger partial charge is 0.372 e. The van der Waals surface area contributed by atoms with E-state index in [0.29, 0.717) is 19.0 Å². The Morgan fingerprint density at radius 3 is 2.53 bits per heavy atom. The maximum atomic E-state index is 11.7. The molecule has 1 fully saturated rings. The van der Waals surface area contributed by atoms with Crippen molar-refractivity contribution in [3.63, 3.8) is 0 Å². The number of hydrogen-bond donors (Lipinski definition) is 1. The highest BCUT2D eigenvalue weighted by Gasteiger charge is 2.46. The summed E-state index contributed by atoms with van der Waals surface area (Å²) in [7, 11) is 0. The molecule has 2 unspecified atom stereocenters. The Bertz CT molecular complexity index is 245. The van der Waals surface area contributed by atoms with E-state index in [4.69, 9.17) is 11.6 Å².